The lowest BCUT2D eigenvalue weighted by atomic mass is 9.88. The largest absolute Gasteiger partial charge is 0.464 e. The summed E-state index contributed by atoms with van der Waals surface area (Å²) < 4.78 is 11.8. The van der Waals surface area contributed by atoms with Crippen molar-refractivity contribution in [2.24, 2.45) is 5.92 Å². The van der Waals surface area contributed by atoms with E-state index in [9.17, 15) is 0 Å². The highest BCUT2D eigenvalue weighted by molar-refractivity contribution is 5.81. The normalized spacial score (nSPS) is 23.6. The molecule has 1 aliphatic rings. The van der Waals surface area contributed by atoms with E-state index in [4.69, 9.17) is 9.15 Å². The van der Waals surface area contributed by atoms with Crippen molar-refractivity contribution in [1.29, 1.82) is 0 Å². The van der Waals surface area contributed by atoms with Crippen LogP contribution in [-0.4, -0.2) is 18.7 Å². The zero-order valence-corrected chi connectivity index (χ0v) is 13.2. The number of benzene rings is 1. The number of nitrogens with one attached hydrogen (secondary N) is 1. The standard InChI is InChI=1S/C18H25NO2/c1-18(2,3)19-11-13-7-6-10-20-17(13)15-12-21-16-9-5-4-8-14(15)16/h4-5,8-9,12-13,17,19H,6-7,10-11H2,1-3H3. The first-order valence-electron chi connectivity index (χ1n) is 7.87. The first-order valence-corrected chi connectivity index (χ1v) is 7.87. The van der Waals surface area contributed by atoms with Crippen LogP contribution in [0.2, 0.25) is 0 Å². The van der Waals surface area contributed by atoms with Crippen LogP contribution in [0.5, 0.6) is 0 Å². The van der Waals surface area contributed by atoms with Crippen LogP contribution in [0.4, 0.5) is 0 Å². The van der Waals surface area contributed by atoms with Gasteiger partial charge in [-0.3, -0.25) is 0 Å². The topological polar surface area (TPSA) is 34.4 Å². The lowest BCUT2D eigenvalue weighted by Crippen LogP contribution is -2.41. The van der Waals surface area contributed by atoms with Crippen LogP contribution in [0, 0.1) is 5.92 Å². The van der Waals surface area contributed by atoms with Gasteiger partial charge < -0.3 is 14.5 Å². The zero-order chi connectivity index (χ0) is 14.9. The number of fused-ring (bicyclic) bond motifs is 1. The molecule has 0 spiro atoms. The number of ether oxygens (including phenoxy) is 1. The molecular formula is C18H25NO2. The minimum absolute atomic E-state index is 0.136. The molecule has 2 atom stereocenters. The maximum Gasteiger partial charge on any atom is 0.134 e. The summed E-state index contributed by atoms with van der Waals surface area (Å²) in [6.45, 7) is 8.45. The van der Waals surface area contributed by atoms with Gasteiger partial charge in [0.25, 0.3) is 0 Å². The van der Waals surface area contributed by atoms with Crippen molar-refractivity contribution < 1.29 is 9.15 Å². The summed E-state index contributed by atoms with van der Waals surface area (Å²) in [6.07, 6.45) is 4.36. The summed E-state index contributed by atoms with van der Waals surface area (Å²) in [7, 11) is 0. The van der Waals surface area contributed by atoms with Crippen molar-refractivity contribution in [2.75, 3.05) is 13.2 Å². The summed E-state index contributed by atoms with van der Waals surface area (Å²) >= 11 is 0. The van der Waals surface area contributed by atoms with E-state index in [0.717, 1.165) is 25.2 Å². The van der Waals surface area contributed by atoms with Gasteiger partial charge in [-0.2, -0.15) is 0 Å². The molecule has 3 nitrogen and oxygen atoms in total. The van der Waals surface area contributed by atoms with Gasteiger partial charge >= 0.3 is 0 Å². The van der Waals surface area contributed by atoms with Gasteiger partial charge in [0.2, 0.25) is 0 Å². The molecule has 0 amide bonds. The molecule has 2 unspecified atom stereocenters. The molecule has 3 heteroatoms. The van der Waals surface area contributed by atoms with Crippen LogP contribution in [0.15, 0.2) is 34.9 Å². The van der Waals surface area contributed by atoms with Gasteiger partial charge in [-0.25, -0.2) is 0 Å². The molecule has 2 heterocycles. The summed E-state index contributed by atoms with van der Waals surface area (Å²) in [5.41, 5.74) is 2.29. The van der Waals surface area contributed by atoms with E-state index in [1.807, 2.05) is 18.4 Å². The van der Waals surface area contributed by atoms with Crippen LogP contribution in [0.1, 0.15) is 45.3 Å². The molecule has 1 aromatic heterocycles. The van der Waals surface area contributed by atoms with Gasteiger partial charge in [0, 0.05) is 35.6 Å². The van der Waals surface area contributed by atoms with E-state index in [-0.39, 0.29) is 11.6 Å². The molecule has 0 radical (unpaired) electrons. The molecule has 0 bridgehead atoms. The Hall–Kier alpha value is -1.32. The van der Waals surface area contributed by atoms with Crippen LogP contribution < -0.4 is 5.32 Å². The second kappa shape index (κ2) is 5.82. The Bertz CT molecular complexity index is 597. The maximum atomic E-state index is 6.11. The fourth-order valence-electron chi connectivity index (χ4n) is 3.05. The van der Waals surface area contributed by atoms with E-state index in [1.54, 1.807) is 0 Å². The van der Waals surface area contributed by atoms with Gasteiger partial charge in [0.15, 0.2) is 0 Å². The van der Waals surface area contributed by atoms with Crippen LogP contribution in [0.3, 0.4) is 0 Å². The van der Waals surface area contributed by atoms with Crippen molar-refractivity contribution in [1.82, 2.24) is 5.32 Å². The molecule has 21 heavy (non-hydrogen) atoms. The van der Waals surface area contributed by atoms with Crippen LogP contribution >= 0.6 is 0 Å². The smallest absolute Gasteiger partial charge is 0.134 e. The second-order valence-corrected chi connectivity index (χ2v) is 7.01. The summed E-state index contributed by atoms with van der Waals surface area (Å²) in [6, 6.07) is 8.22. The number of furan rings is 1. The second-order valence-electron chi connectivity index (χ2n) is 7.01. The Labute approximate surface area is 126 Å². The molecular weight excluding hydrogens is 262 g/mol. The number of hydrogen-bond acceptors (Lipinski definition) is 3. The average molecular weight is 287 g/mol. The number of rotatable bonds is 3. The third-order valence-electron chi connectivity index (χ3n) is 4.16. The van der Waals surface area contributed by atoms with E-state index >= 15 is 0 Å². The molecule has 2 aromatic rings. The summed E-state index contributed by atoms with van der Waals surface area (Å²) in [5, 5.41) is 4.81. The zero-order valence-electron chi connectivity index (χ0n) is 13.2. The Morgan fingerprint density at radius 2 is 2.05 bits per heavy atom. The minimum atomic E-state index is 0.136. The fourth-order valence-corrected chi connectivity index (χ4v) is 3.05. The highest BCUT2D eigenvalue weighted by atomic mass is 16.5. The predicted octanol–water partition coefficient (Wildman–Crippen LogP) is 4.29. The van der Waals surface area contributed by atoms with Crippen molar-refractivity contribution in [3.05, 3.63) is 36.1 Å². The molecule has 1 saturated heterocycles. The van der Waals surface area contributed by atoms with Crippen LogP contribution in [0.25, 0.3) is 11.0 Å². The minimum Gasteiger partial charge on any atom is -0.464 e. The first-order chi connectivity index (χ1) is 10.0. The molecule has 1 aromatic carbocycles. The van der Waals surface area contributed by atoms with Gasteiger partial charge in [0.1, 0.15) is 5.58 Å². The number of hydrogen-bond donors (Lipinski definition) is 1. The summed E-state index contributed by atoms with van der Waals surface area (Å²) in [5.74, 6) is 0.499. The molecule has 114 valence electrons. The summed E-state index contributed by atoms with van der Waals surface area (Å²) in [4.78, 5) is 0. The number of para-hydroxylation sites is 1. The molecule has 1 N–H and O–H groups in total. The van der Waals surface area contributed by atoms with Crippen molar-refractivity contribution in [3.8, 4) is 0 Å². The van der Waals surface area contributed by atoms with Crippen LogP contribution in [-0.2, 0) is 4.74 Å². The van der Waals surface area contributed by atoms with Gasteiger partial charge in [-0.05, 0) is 39.7 Å². The lowest BCUT2D eigenvalue weighted by Gasteiger charge is -2.34. The van der Waals surface area contributed by atoms with E-state index in [1.165, 1.54) is 17.4 Å². The van der Waals surface area contributed by atoms with E-state index in [0.29, 0.717) is 5.92 Å². The van der Waals surface area contributed by atoms with E-state index in [2.05, 4.69) is 38.2 Å². The first kappa shape index (κ1) is 14.6. The lowest BCUT2D eigenvalue weighted by molar-refractivity contribution is -0.0288. The molecule has 0 aliphatic carbocycles. The Morgan fingerprint density at radius 1 is 1.24 bits per heavy atom. The Kier molecular flexibility index (Phi) is 4.05. The molecule has 1 fully saturated rings. The maximum absolute atomic E-state index is 6.11. The third-order valence-corrected chi connectivity index (χ3v) is 4.16. The predicted molar refractivity (Wildman–Crippen MR) is 85.4 cm³/mol. The molecule has 1 aliphatic heterocycles. The highest BCUT2D eigenvalue weighted by Gasteiger charge is 2.30. The Balaban J connectivity index is 1.83. The Morgan fingerprint density at radius 3 is 2.86 bits per heavy atom. The third kappa shape index (κ3) is 3.30. The highest BCUT2D eigenvalue weighted by Crippen LogP contribution is 2.37. The van der Waals surface area contributed by atoms with Crippen molar-refractivity contribution in [3.63, 3.8) is 0 Å². The average Bonchev–Trinajstić information content (AvgIpc) is 2.88. The SMILES string of the molecule is CC(C)(C)NCC1CCCOC1c1coc2ccccc12. The van der Waals surface area contributed by atoms with Gasteiger partial charge in [-0.15, -0.1) is 0 Å². The van der Waals surface area contributed by atoms with Gasteiger partial charge in [-0.1, -0.05) is 18.2 Å². The van der Waals surface area contributed by atoms with Gasteiger partial charge in [0.05, 0.1) is 12.4 Å². The molecule has 0 saturated carbocycles. The quantitative estimate of drug-likeness (QED) is 0.914. The van der Waals surface area contributed by atoms with E-state index < -0.39 is 0 Å². The monoisotopic (exact) mass is 287 g/mol. The fraction of sp³-hybridized carbons (Fsp3) is 0.556. The van der Waals surface area contributed by atoms with Crippen molar-refractivity contribution >= 4 is 11.0 Å². The van der Waals surface area contributed by atoms with Crippen molar-refractivity contribution in [2.45, 2.75) is 45.3 Å². The molecule has 3 rings (SSSR count).